The number of carboxylic acid groups (broad SMARTS) is 2. The predicted octanol–water partition coefficient (Wildman–Crippen LogP) is 5.28. The van der Waals surface area contributed by atoms with Crippen LogP contribution in [-0.2, 0) is 22.4 Å². The van der Waals surface area contributed by atoms with Crippen LogP contribution in [0.5, 0.6) is 11.5 Å². The lowest BCUT2D eigenvalue weighted by Gasteiger charge is -2.18. The summed E-state index contributed by atoms with van der Waals surface area (Å²) in [4.78, 5) is 22.4. The first kappa shape index (κ1) is 24.0. The molecule has 0 radical (unpaired) electrons. The summed E-state index contributed by atoms with van der Waals surface area (Å²) in [6.45, 7) is 3.48. The Labute approximate surface area is 178 Å². The van der Waals surface area contributed by atoms with E-state index in [1.165, 1.54) is 6.07 Å². The number of unbranched alkanes of at least 4 members (excludes halogenated alkanes) is 4. The lowest BCUT2D eigenvalue weighted by atomic mass is 9.86. The van der Waals surface area contributed by atoms with Crippen molar-refractivity contribution in [2.75, 3.05) is 0 Å². The maximum Gasteiger partial charge on any atom is 0.309 e. The highest BCUT2D eigenvalue weighted by Crippen LogP contribution is 2.50. The van der Waals surface area contributed by atoms with Crippen molar-refractivity contribution in [1.82, 2.24) is 0 Å². The maximum atomic E-state index is 11.2. The van der Waals surface area contributed by atoms with Gasteiger partial charge in [-0.05, 0) is 82.4 Å². The number of aryl methyl sites for hydroxylation is 1. The summed E-state index contributed by atoms with van der Waals surface area (Å²) in [7, 11) is 0. The molecule has 0 unspecified atom stereocenters. The number of phenols is 2. The summed E-state index contributed by atoms with van der Waals surface area (Å²) >= 11 is 0. The van der Waals surface area contributed by atoms with Gasteiger partial charge in [-0.25, -0.2) is 0 Å². The Morgan fingerprint density at radius 2 is 1.57 bits per heavy atom. The van der Waals surface area contributed by atoms with Gasteiger partial charge in [0.05, 0.1) is 10.8 Å². The predicted molar refractivity (Wildman–Crippen MR) is 115 cm³/mol. The maximum absolute atomic E-state index is 11.2. The van der Waals surface area contributed by atoms with Crippen LogP contribution in [0.2, 0.25) is 0 Å². The third-order valence-corrected chi connectivity index (χ3v) is 6.52. The molecule has 0 atom stereocenters. The molecule has 30 heavy (non-hydrogen) atoms. The molecule has 1 aliphatic rings. The Morgan fingerprint density at radius 3 is 2.17 bits per heavy atom. The molecule has 0 spiro atoms. The fraction of sp³-hybridized carbons (Fsp3) is 0.667. The molecule has 1 aromatic carbocycles. The molecule has 1 aliphatic carbocycles. The van der Waals surface area contributed by atoms with E-state index >= 15 is 0 Å². The molecule has 1 fully saturated rings. The van der Waals surface area contributed by atoms with E-state index in [0.717, 1.165) is 75.3 Å². The molecule has 0 amide bonds. The van der Waals surface area contributed by atoms with Gasteiger partial charge in [0.1, 0.15) is 11.5 Å². The zero-order valence-corrected chi connectivity index (χ0v) is 18.2. The van der Waals surface area contributed by atoms with Gasteiger partial charge in [-0.3, -0.25) is 9.59 Å². The highest BCUT2D eigenvalue weighted by atomic mass is 16.4. The molecule has 0 aliphatic heterocycles. The van der Waals surface area contributed by atoms with Gasteiger partial charge in [0, 0.05) is 6.07 Å². The number of aliphatic carboxylic acids is 2. The molecular formula is C24H36O6. The molecule has 0 saturated heterocycles. The van der Waals surface area contributed by atoms with E-state index in [0.29, 0.717) is 12.8 Å². The minimum atomic E-state index is -0.779. The van der Waals surface area contributed by atoms with Crippen molar-refractivity contribution in [1.29, 1.82) is 0 Å². The Kier molecular flexibility index (Phi) is 8.16. The highest BCUT2D eigenvalue weighted by Gasteiger charge is 2.49. The summed E-state index contributed by atoms with van der Waals surface area (Å²) in [6.07, 6.45) is 9.60. The standard InChI is InChI=1S/C24H36O6/c1-23(2,21(27)28)11-7-3-5-9-17-15-18(25)16-20(26)19(17)10-6-4-8-12-24(13-14-24)22(29)30/h15-16,25-26H,3-14H2,1-2H3,(H,27,28)(H,29,30). The molecule has 1 aromatic rings. The van der Waals surface area contributed by atoms with E-state index in [1.54, 1.807) is 19.9 Å². The molecule has 6 nitrogen and oxygen atoms in total. The number of carboxylic acids is 2. The monoisotopic (exact) mass is 420 g/mol. The summed E-state index contributed by atoms with van der Waals surface area (Å²) in [5.41, 5.74) is 0.613. The van der Waals surface area contributed by atoms with Crippen LogP contribution in [0, 0.1) is 10.8 Å². The average molecular weight is 421 g/mol. The van der Waals surface area contributed by atoms with Crippen LogP contribution < -0.4 is 0 Å². The van der Waals surface area contributed by atoms with Gasteiger partial charge in [-0.15, -0.1) is 0 Å². The third-order valence-electron chi connectivity index (χ3n) is 6.52. The number of benzene rings is 1. The van der Waals surface area contributed by atoms with Gasteiger partial charge in [0.2, 0.25) is 0 Å². The van der Waals surface area contributed by atoms with E-state index in [4.69, 9.17) is 0 Å². The first-order chi connectivity index (χ1) is 14.1. The van der Waals surface area contributed by atoms with Crippen LogP contribution in [0.25, 0.3) is 0 Å². The van der Waals surface area contributed by atoms with Crippen molar-refractivity contribution in [3.05, 3.63) is 23.3 Å². The number of phenolic OH excluding ortho intramolecular Hbond substituents is 2. The van der Waals surface area contributed by atoms with E-state index in [2.05, 4.69) is 0 Å². The first-order valence-corrected chi connectivity index (χ1v) is 11.1. The Hall–Kier alpha value is -2.24. The van der Waals surface area contributed by atoms with Gasteiger partial charge in [0.25, 0.3) is 0 Å². The Bertz CT molecular complexity index is 748. The van der Waals surface area contributed by atoms with Crippen LogP contribution in [-0.4, -0.2) is 32.4 Å². The summed E-state index contributed by atoms with van der Waals surface area (Å²) in [5.74, 6) is -1.29. The number of aromatic hydroxyl groups is 2. The summed E-state index contributed by atoms with van der Waals surface area (Å²) < 4.78 is 0. The molecule has 0 bridgehead atoms. The fourth-order valence-corrected chi connectivity index (χ4v) is 4.04. The Morgan fingerprint density at radius 1 is 0.933 bits per heavy atom. The number of hydrogen-bond donors (Lipinski definition) is 4. The number of rotatable bonds is 14. The van der Waals surface area contributed by atoms with E-state index in [9.17, 15) is 30.0 Å². The molecule has 2 rings (SSSR count). The number of carbonyl (C=O) groups is 2. The van der Waals surface area contributed by atoms with Crippen LogP contribution in [0.3, 0.4) is 0 Å². The molecule has 1 saturated carbocycles. The van der Waals surface area contributed by atoms with Crippen LogP contribution in [0.4, 0.5) is 0 Å². The summed E-state index contributed by atoms with van der Waals surface area (Å²) in [5, 5.41) is 38.6. The molecule has 4 N–H and O–H groups in total. The number of hydrogen-bond acceptors (Lipinski definition) is 4. The largest absolute Gasteiger partial charge is 0.508 e. The molecule has 0 aromatic heterocycles. The normalized spacial score (nSPS) is 15.1. The molecule has 168 valence electrons. The lowest BCUT2D eigenvalue weighted by Crippen LogP contribution is -2.23. The minimum Gasteiger partial charge on any atom is -0.508 e. The SMILES string of the molecule is CC(C)(CCCCCc1cc(O)cc(O)c1CCCCCC1(C(=O)O)CC1)C(=O)O. The third kappa shape index (κ3) is 6.64. The second-order valence-corrected chi connectivity index (χ2v) is 9.50. The van der Waals surface area contributed by atoms with Crippen LogP contribution in [0.15, 0.2) is 12.1 Å². The van der Waals surface area contributed by atoms with Crippen molar-refractivity contribution in [2.24, 2.45) is 10.8 Å². The zero-order valence-electron chi connectivity index (χ0n) is 18.2. The molecular weight excluding hydrogens is 384 g/mol. The van der Waals surface area contributed by atoms with Gasteiger partial charge in [0.15, 0.2) is 0 Å². The fourth-order valence-electron chi connectivity index (χ4n) is 4.04. The van der Waals surface area contributed by atoms with Gasteiger partial charge in [-0.1, -0.05) is 25.7 Å². The minimum absolute atomic E-state index is 0.0513. The van der Waals surface area contributed by atoms with E-state index in [1.807, 2.05) is 0 Å². The topological polar surface area (TPSA) is 115 Å². The highest BCUT2D eigenvalue weighted by molar-refractivity contribution is 5.77. The van der Waals surface area contributed by atoms with Gasteiger partial charge in [-0.2, -0.15) is 0 Å². The van der Waals surface area contributed by atoms with Crippen LogP contribution in [0.1, 0.15) is 89.2 Å². The van der Waals surface area contributed by atoms with Crippen molar-refractivity contribution in [2.45, 2.75) is 90.9 Å². The molecule has 0 heterocycles. The second-order valence-electron chi connectivity index (χ2n) is 9.50. The average Bonchev–Trinajstić information content (AvgIpc) is 3.44. The second kappa shape index (κ2) is 10.2. The lowest BCUT2D eigenvalue weighted by molar-refractivity contribution is -0.147. The summed E-state index contributed by atoms with van der Waals surface area (Å²) in [6, 6.07) is 3.08. The zero-order chi connectivity index (χ0) is 22.4. The molecule has 6 heteroatoms. The van der Waals surface area contributed by atoms with Gasteiger partial charge >= 0.3 is 11.9 Å². The quantitative estimate of drug-likeness (QED) is 0.304. The van der Waals surface area contributed by atoms with Crippen molar-refractivity contribution in [3.63, 3.8) is 0 Å². The van der Waals surface area contributed by atoms with Crippen molar-refractivity contribution in [3.8, 4) is 11.5 Å². The van der Waals surface area contributed by atoms with Crippen molar-refractivity contribution < 1.29 is 30.0 Å². The Balaban J connectivity index is 1.80. The first-order valence-electron chi connectivity index (χ1n) is 11.1. The smallest absolute Gasteiger partial charge is 0.309 e. The van der Waals surface area contributed by atoms with Gasteiger partial charge < -0.3 is 20.4 Å². The van der Waals surface area contributed by atoms with E-state index < -0.39 is 22.8 Å². The van der Waals surface area contributed by atoms with Crippen molar-refractivity contribution >= 4 is 11.9 Å². The van der Waals surface area contributed by atoms with E-state index in [-0.39, 0.29) is 11.5 Å². The van der Waals surface area contributed by atoms with Crippen LogP contribution >= 0.6 is 0 Å².